The first-order chi connectivity index (χ1) is 8.58. The highest BCUT2D eigenvalue weighted by Crippen LogP contribution is 2.23. The molecule has 0 radical (unpaired) electrons. The topological polar surface area (TPSA) is 61.5 Å². The van der Waals surface area contributed by atoms with E-state index in [-0.39, 0.29) is 18.1 Å². The average Bonchev–Trinajstić information content (AvgIpc) is 2.36. The van der Waals surface area contributed by atoms with E-state index in [4.69, 9.17) is 15.2 Å². The number of benzene rings is 1. The van der Waals surface area contributed by atoms with Gasteiger partial charge in [-0.15, -0.1) is 0 Å². The zero-order valence-electron chi connectivity index (χ0n) is 10.6. The highest BCUT2D eigenvalue weighted by molar-refractivity contribution is 5.69. The number of ether oxygens (including phenoxy) is 2. The van der Waals surface area contributed by atoms with Crippen LogP contribution in [0.25, 0.3) is 0 Å². The summed E-state index contributed by atoms with van der Waals surface area (Å²) in [6, 6.07) is 4.15. The molecule has 2 N–H and O–H groups in total. The van der Waals surface area contributed by atoms with E-state index in [9.17, 15) is 9.18 Å². The summed E-state index contributed by atoms with van der Waals surface area (Å²) in [6.07, 6.45) is 0.646. The predicted octanol–water partition coefficient (Wildman–Crippen LogP) is 2.18. The SMILES string of the molecule is CCOC(=O)CCC(N)c1ccc(OC)c(F)c1. The van der Waals surface area contributed by atoms with Gasteiger partial charge in [0.25, 0.3) is 0 Å². The molecule has 1 rings (SSSR count). The lowest BCUT2D eigenvalue weighted by Gasteiger charge is -2.12. The largest absolute Gasteiger partial charge is 0.494 e. The summed E-state index contributed by atoms with van der Waals surface area (Å²) < 4.78 is 23.1. The fourth-order valence-electron chi connectivity index (χ4n) is 1.59. The van der Waals surface area contributed by atoms with Gasteiger partial charge in [-0.2, -0.15) is 0 Å². The summed E-state index contributed by atoms with van der Waals surface area (Å²) in [4.78, 5) is 11.2. The second-order valence-electron chi connectivity index (χ2n) is 3.84. The summed E-state index contributed by atoms with van der Waals surface area (Å²) in [5.41, 5.74) is 6.52. The van der Waals surface area contributed by atoms with Crippen LogP contribution in [0, 0.1) is 5.82 Å². The quantitative estimate of drug-likeness (QED) is 0.791. The van der Waals surface area contributed by atoms with E-state index < -0.39 is 11.9 Å². The Bertz CT molecular complexity index is 409. The van der Waals surface area contributed by atoms with Crippen LogP contribution in [0.4, 0.5) is 4.39 Å². The minimum absolute atomic E-state index is 0.177. The van der Waals surface area contributed by atoms with Gasteiger partial charge in [0.1, 0.15) is 0 Å². The van der Waals surface area contributed by atoms with E-state index in [0.717, 1.165) is 0 Å². The number of methoxy groups -OCH3 is 1. The molecule has 100 valence electrons. The fraction of sp³-hybridized carbons (Fsp3) is 0.462. The number of hydrogen-bond donors (Lipinski definition) is 1. The Morgan fingerprint density at radius 3 is 2.78 bits per heavy atom. The Morgan fingerprint density at radius 1 is 1.50 bits per heavy atom. The second-order valence-corrected chi connectivity index (χ2v) is 3.84. The number of carbonyl (C=O) groups is 1. The molecule has 0 aromatic heterocycles. The van der Waals surface area contributed by atoms with Gasteiger partial charge in [0.05, 0.1) is 13.7 Å². The van der Waals surface area contributed by atoms with E-state index in [0.29, 0.717) is 18.6 Å². The zero-order valence-corrected chi connectivity index (χ0v) is 10.6. The number of nitrogens with two attached hydrogens (primary N) is 1. The van der Waals surface area contributed by atoms with Gasteiger partial charge >= 0.3 is 5.97 Å². The molecule has 0 fully saturated rings. The molecule has 0 saturated heterocycles. The molecular formula is C13H18FNO3. The molecule has 0 saturated carbocycles. The molecule has 0 heterocycles. The van der Waals surface area contributed by atoms with Crippen molar-refractivity contribution in [3.8, 4) is 5.75 Å². The molecule has 5 heteroatoms. The third kappa shape index (κ3) is 4.00. The van der Waals surface area contributed by atoms with Crippen LogP contribution in [-0.4, -0.2) is 19.7 Å². The van der Waals surface area contributed by atoms with Gasteiger partial charge in [-0.1, -0.05) is 6.07 Å². The lowest BCUT2D eigenvalue weighted by molar-refractivity contribution is -0.143. The van der Waals surface area contributed by atoms with E-state index in [2.05, 4.69) is 0 Å². The molecule has 1 unspecified atom stereocenters. The summed E-state index contributed by atoms with van der Waals surface area (Å²) in [5.74, 6) is -0.570. The molecule has 0 bridgehead atoms. The molecule has 1 aromatic carbocycles. The van der Waals surface area contributed by atoms with Crippen LogP contribution in [0.3, 0.4) is 0 Å². The van der Waals surface area contributed by atoms with Crippen LogP contribution in [0.5, 0.6) is 5.75 Å². The molecule has 0 spiro atoms. The molecule has 0 aliphatic carbocycles. The van der Waals surface area contributed by atoms with Gasteiger partial charge in [0, 0.05) is 12.5 Å². The lowest BCUT2D eigenvalue weighted by atomic mass is 10.0. The van der Waals surface area contributed by atoms with Crippen molar-refractivity contribution in [2.24, 2.45) is 5.73 Å². The maximum absolute atomic E-state index is 13.5. The van der Waals surface area contributed by atoms with E-state index in [1.165, 1.54) is 19.2 Å². The fourth-order valence-corrected chi connectivity index (χ4v) is 1.59. The van der Waals surface area contributed by atoms with Crippen LogP contribution in [0.2, 0.25) is 0 Å². The third-order valence-electron chi connectivity index (χ3n) is 2.57. The van der Waals surface area contributed by atoms with Gasteiger partial charge in [0.2, 0.25) is 0 Å². The van der Waals surface area contributed by atoms with Crippen molar-refractivity contribution in [1.82, 2.24) is 0 Å². The van der Waals surface area contributed by atoms with Gasteiger partial charge < -0.3 is 15.2 Å². The van der Waals surface area contributed by atoms with Gasteiger partial charge in [0.15, 0.2) is 11.6 Å². The van der Waals surface area contributed by atoms with Crippen molar-refractivity contribution < 1.29 is 18.7 Å². The minimum Gasteiger partial charge on any atom is -0.494 e. The number of halogens is 1. The van der Waals surface area contributed by atoms with Crippen molar-refractivity contribution in [2.75, 3.05) is 13.7 Å². The lowest BCUT2D eigenvalue weighted by Crippen LogP contribution is -2.14. The van der Waals surface area contributed by atoms with Crippen molar-refractivity contribution in [3.63, 3.8) is 0 Å². The number of carbonyl (C=O) groups excluding carboxylic acids is 1. The van der Waals surface area contributed by atoms with Crippen LogP contribution < -0.4 is 10.5 Å². The molecule has 4 nitrogen and oxygen atoms in total. The molecule has 1 atom stereocenters. The van der Waals surface area contributed by atoms with Crippen molar-refractivity contribution in [1.29, 1.82) is 0 Å². The first kappa shape index (κ1) is 14.4. The Balaban J connectivity index is 2.58. The van der Waals surface area contributed by atoms with Gasteiger partial charge in [-0.3, -0.25) is 4.79 Å². The standard InChI is InChI=1S/C13H18FNO3/c1-3-18-13(16)7-5-11(15)9-4-6-12(17-2)10(14)8-9/h4,6,8,11H,3,5,7,15H2,1-2H3. The molecule has 1 aromatic rings. The highest BCUT2D eigenvalue weighted by atomic mass is 19.1. The van der Waals surface area contributed by atoms with Crippen molar-refractivity contribution >= 4 is 5.97 Å². The number of hydrogen-bond acceptors (Lipinski definition) is 4. The average molecular weight is 255 g/mol. The Labute approximate surface area is 106 Å². The monoisotopic (exact) mass is 255 g/mol. The molecular weight excluding hydrogens is 237 g/mol. The predicted molar refractivity (Wildman–Crippen MR) is 65.7 cm³/mol. The summed E-state index contributed by atoms with van der Waals surface area (Å²) >= 11 is 0. The van der Waals surface area contributed by atoms with Crippen LogP contribution in [0.15, 0.2) is 18.2 Å². The van der Waals surface area contributed by atoms with Gasteiger partial charge in [-0.25, -0.2) is 4.39 Å². The first-order valence-corrected chi connectivity index (χ1v) is 5.83. The number of rotatable bonds is 6. The van der Waals surface area contributed by atoms with Crippen LogP contribution in [0.1, 0.15) is 31.4 Å². The maximum atomic E-state index is 13.5. The molecule has 18 heavy (non-hydrogen) atoms. The second kappa shape index (κ2) is 6.96. The summed E-state index contributed by atoms with van der Waals surface area (Å²) in [7, 11) is 1.40. The highest BCUT2D eigenvalue weighted by Gasteiger charge is 2.12. The van der Waals surface area contributed by atoms with Crippen LogP contribution >= 0.6 is 0 Å². The smallest absolute Gasteiger partial charge is 0.305 e. The van der Waals surface area contributed by atoms with Crippen LogP contribution in [-0.2, 0) is 9.53 Å². The summed E-state index contributed by atoms with van der Waals surface area (Å²) in [6.45, 7) is 2.10. The normalized spacial score (nSPS) is 12.0. The molecule has 0 amide bonds. The summed E-state index contributed by atoms with van der Waals surface area (Å²) in [5, 5.41) is 0. The first-order valence-electron chi connectivity index (χ1n) is 5.83. The van der Waals surface area contributed by atoms with E-state index >= 15 is 0 Å². The minimum atomic E-state index is -0.457. The number of esters is 1. The Hall–Kier alpha value is -1.62. The zero-order chi connectivity index (χ0) is 13.5. The Kier molecular flexibility index (Phi) is 5.58. The Morgan fingerprint density at radius 2 is 2.22 bits per heavy atom. The molecule has 0 aliphatic rings. The third-order valence-corrected chi connectivity index (χ3v) is 2.57. The van der Waals surface area contributed by atoms with Crippen molar-refractivity contribution in [3.05, 3.63) is 29.6 Å². The van der Waals surface area contributed by atoms with E-state index in [1.54, 1.807) is 13.0 Å². The maximum Gasteiger partial charge on any atom is 0.305 e. The van der Waals surface area contributed by atoms with E-state index in [1.807, 2.05) is 0 Å². The molecule has 0 aliphatic heterocycles. The van der Waals surface area contributed by atoms with Gasteiger partial charge in [-0.05, 0) is 31.0 Å². The van der Waals surface area contributed by atoms with Crippen molar-refractivity contribution in [2.45, 2.75) is 25.8 Å².